The summed E-state index contributed by atoms with van der Waals surface area (Å²) in [6, 6.07) is 5.25. The molecule has 0 fully saturated rings. The van der Waals surface area contributed by atoms with Crippen molar-refractivity contribution in [1.29, 1.82) is 0 Å². The first kappa shape index (κ1) is 15.1. The number of aromatic hydroxyl groups is 1. The summed E-state index contributed by atoms with van der Waals surface area (Å²) in [7, 11) is 1.54. The Morgan fingerprint density at radius 1 is 1.31 bits per heavy atom. The number of hydrogen-bond donors (Lipinski definition) is 1. The van der Waals surface area contributed by atoms with Crippen LogP contribution in [0.2, 0.25) is 0 Å². The van der Waals surface area contributed by atoms with Gasteiger partial charge in [0.15, 0.2) is 11.5 Å². The number of halogens is 1. The van der Waals surface area contributed by atoms with Gasteiger partial charge in [-0.3, -0.25) is 0 Å². The van der Waals surface area contributed by atoms with E-state index in [9.17, 15) is 5.11 Å². The molecule has 16 heavy (non-hydrogen) atoms. The lowest BCUT2D eigenvalue weighted by Gasteiger charge is -2.07. The number of methoxy groups -OCH3 is 1. The molecule has 0 bridgehead atoms. The number of benzene rings is 1. The number of phenolic OH excluding ortho intramolecular Hbond substituents is 1. The molecule has 0 saturated carbocycles. The van der Waals surface area contributed by atoms with Gasteiger partial charge in [0.25, 0.3) is 0 Å². The standard InChI is InChI=1S/C12H18O3.ClH/c1-3-4-7-15-9-10-5-6-11(13)12(8-10)14-2;/h5-6,8,13H,3-4,7,9H2,1-2H3;1H. The summed E-state index contributed by atoms with van der Waals surface area (Å²) in [4.78, 5) is 0. The molecule has 1 aromatic rings. The van der Waals surface area contributed by atoms with Crippen LogP contribution in [0.1, 0.15) is 25.3 Å². The van der Waals surface area contributed by atoms with Crippen molar-refractivity contribution >= 4 is 12.4 Å². The van der Waals surface area contributed by atoms with E-state index in [-0.39, 0.29) is 18.2 Å². The molecule has 1 rings (SSSR count). The van der Waals surface area contributed by atoms with Gasteiger partial charge in [0.1, 0.15) is 0 Å². The van der Waals surface area contributed by atoms with Gasteiger partial charge < -0.3 is 14.6 Å². The van der Waals surface area contributed by atoms with Gasteiger partial charge in [-0.2, -0.15) is 0 Å². The average molecular weight is 247 g/mol. The summed E-state index contributed by atoms with van der Waals surface area (Å²) >= 11 is 0. The zero-order chi connectivity index (χ0) is 11.1. The molecule has 4 heteroatoms. The molecular formula is C12H19ClO3. The van der Waals surface area contributed by atoms with Crippen LogP contribution in [-0.2, 0) is 11.3 Å². The number of ether oxygens (including phenoxy) is 2. The second-order valence-corrected chi connectivity index (χ2v) is 3.41. The summed E-state index contributed by atoms with van der Waals surface area (Å²) in [6.07, 6.45) is 2.22. The van der Waals surface area contributed by atoms with Crippen molar-refractivity contribution in [3.05, 3.63) is 23.8 Å². The lowest BCUT2D eigenvalue weighted by Crippen LogP contribution is -1.95. The molecule has 0 aliphatic heterocycles. The molecule has 0 heterocycles. The van der Waals surface area contributed by atoms with Crippen LogP contribution in [0.15, 0.2) is 18.2 Å². The molecule has 0 amide bonds. The van der Waals surface area contributed by atoms with Crippen LogP contribution in [0.25, 0.3) is 0 Å². The predicted octanol–water partition coefficient (Wildman–Crippen LogP) is 3.14. The van der Waals surface area contributed by atoms with Crippen molar-refractivity contribution in [3.63, 3.8) is 0 Å². The number of unbranched alkanes of at least 4 members (excludes halogenated alkanes) is 1. The molecule has 0 aliphatic rings. The lowest BCUT2D eigenvalue weighted by molar-refractivity contribution is 0.118. The maximum atomic E-state index is 9.38. The molecule has 0 radical (unpaired) electrons. The molecule has 1 N–H and O–H groups in total. The van der Waals surface area contributed by atoms with E-state index in [0.717, 1.165) is 25.0 Å². The molecule has 92 valence electrons. The van der Waals surface area contributed by atoms with Gasteiger partial charge in [-0.25, -0.2) is 0 Å². The van der Waals surface area contributed by atoms with Gasteiger partial charge in [-0.15, -0.1) is 12.4 Å². The van der Waals surface area contributed by atoms with E-state index in [1.54, 1.807) is 12.1 Å². The Kier molecular flexibility index (Phi) is 7.77. The monoisotopic (exact) mass is 246 g/mol. The molecule has 0 unspecified atom stereocenters. The van der Waals surface area contributed by atoms with Gasteiger partial charge in [0.05, 0.1) is 13.7 Å². The van der Waals surface area contributed by atoms with E-state index in [0.29, 0.717) is 12.4 Å². The topological polar surface area (TPSA) is 38.7 Å². The third-order valence-corrected chi connectivity index (χ3v) is 2.16. The van der Waals surface area contributed by atoms with Crippen LogP contribution >= 0.6 is 12.4 Å². The third kappa shape index (κ3) is 4.73. The van der Waals surface area contributed by atoms with Gasteiger partial charge in [0.2, 0.25) is 0 Å². The minimum Gasteiger partial charge on any atom is -0.504 e. The minimum atomic E-state index is 0. The Hall–Kier alpha value is -0.930. The zero-order valence-corrected chi connectivity index (χ0v) is 10.5. The molecule has 3 nitrogen and oxygen atoms in total. The first-order chi connectivity index (χ1) is 7.27. The number of rotatable bonds is 6. The Bertz CT molecular complexity index is 302. The summed E-state index contributed by atoms with van der Waals surface area (Å²) in [5.74, 6) is 0.654. The highest BCUT2D eigenvalue weighted by Gasteiger charge is 2.02. The second-order valence-electron chi connectivity index (χ2n) is 3.41. The molecule has 0 aliphatic carbocycles. The fraction of sp³-hybridized carbons (Fsp3) is 0.500. The van der Waals surface area contributed by atoms with Crippen LogP contribution in [0.3, 0.4) is 0 Å². The Labute approximate surface area is 103 Å². The molecule has 1 aromatic carbocycles. The van der Waals surface area contributed by atoms with E-state index in [4.69, 9.17) is 9.47 Å². The largest absolute Gasteiger partial charge is 0.504 e. The highest BCUT2D eigenvalue weighted by atomic mass is 35.5. The third-order valence-electron chi connectivity index (χ3n) is 2.16. The summed E-state index contributed by atoms with van der Waals surface area (Å²) in [6.45, 7) is 3.48. The van der Waals surface area contributed by atoms with Crippen LogP contribution in [0.4, 0.5) is 0 Å². The highest BCUT2D eigenvalue weighted by molar-refractivity contribution is 5.85. The summed E-state index contributed by atoms with van der Waals surface area (Å²) in [5.41, 5.74) is 1.01. The van der Waals surface area contributed by atoms with Crippen molar-refractivity contribution in [1.82, 2.24) is 0 Å². The van der Waals surface area contributed by atoms with Crippen molar-refractivity contribution in [2.45, 2.75) is 26.4 Å². The van der Waals surface area contributed by atoms with Gasteiger partial charge >= 0.3 is 0 Å². The number of phenols is 1. The summed E-state index contributed by atoms with van der Waals surface area (Å²) in [5, 5.41) is 9.38. The quantitative estimate of drug-likeness (QED) is 0.784. The van der Waals surface area contributed by atoms with Crippen LogP contribution in [-0.4, -0.2) is 18.8 Å². The minimum absolute atomic E-state index is 0. The van der Waals surface area contributed by atoms with Crippen molar-refractivity contribution in [2.75, 3.05) is 13.7 Å². The van der Waals surface area contributed by atoms with Crippen molar-refractivity contribution < 1.29 is 14.6 Å². The predicted molar refractivity (Wildman–Crippen MR) is 66.5 cm³/mol. The maximum Gasteiger partial charge on any atom is 0.160 e. The zero-order valence-electron chi connectivity index (χ0n) is 9.73. The molecule has 0 atom stereocenters. The second kappa shape index (κ2) is 8.25. The highest BCUT2D eigenvalue weighted by Crippen LogP contribution is 2.26. The molecule has 0 spiro atoms. The summed E-state index contributed by atoms with van der Waals surface area (Å²) < 4.78 is 10.5. The fourth-order valence-corrected chi connectivity index (χ4v) is 1.25. The van der Waals surface area contributed by atoms with E-state index in [1.807, 2.05) is 6.07 Å². The Balaban J connectivity index is 0.00000225. The lowest BCUT2D eigenvalue weighted by atomic mass is 10.2. The smallest absolute Gasteiger partial charge is 0.160 e. The number of hydrogen-bond acceptors (Lipinski definition) is 3. The van der Waals surface area contributed by atoms with Gasteiger partial charge in [-0.05, 0) is 24.1 Å². The van der Waals surface area contributed by atoms with E-state index < -0.39 is 0 Å². The molecular weight excluding hydrogens is 228 g/mol. The first-order valence-electron chi connectivity index (χ1n) is 5.21. The van der Waals surface area contributed by atoms with Gasteiger partial charge in [-0.1, -0.05) is 19.4 Å². The molecule has 0 aromatic heterocycles. The SMILES string of the molecule is CCCCOCc1ccc(O)c(OC)c1.Cl. The van der Waals surface area contributed by atoms with Crippen LogP contribution in [0.5, 0.6) is 11.5 Å². The normalized spacial score (nSPS) is 9.62. The Morgan fingerprint density at radius 2 is 2.06 bits per heavy atom. The van der Waals surface area contributed by atoms with Crippen LogP contribution < -0.4 is 4.74 Å². The fourth-order valence-electron chi connectivity index (χ4n) is 1.25. The maximum absolute atomic E-state index is 9.38. The molecule has 0 saturated heterocycles. The average Bonchev–Trinajstić information content (AvgIpc) is 2.26. The van der Waals surface area contributed by atoms with Crippen LogP contribution in [0, 0.1) is 0 Å². The van der Waals surface area contributed by atoms with Gasteiger partial charge in [0, 0.05) is 6.61 Å². The van der Waals surface area contributed by atoms with E-state index >= 15 is 0 Å². The van der Waals surface area contributed by atoms with Crippen molar-refractivity contribution in [2.24, 2.45) is 0 Å². The first-order valence-corrected chi connectivity index (χ1v) is 5.21. The Morgan fingerprint density at radius 3 is 2.69 bits per heavy atom. The van der Waals surface area contributed by atoms with Crippen molar-refractivity contribution in [3.8, 4) is 11.5 Å². The van der Waals surface area contributed by atoms with E-state index in [1.165, 1.54) is 7.11 Å². The van der Waals surface area contributed by atoms with E-state index in [2.05, 4.69) is 6.92 Å².